The van der Waals surface area contributed by atoms with Crippen molar-refractivity contribution in [1.82, 2.24) is 38.2 Å². The number of aromatic nitrogens is 8. The molecule has 0 spiro atoms. The van der Waals surface area contributed by atoms with Crippen molar-refractivity contribution >= 4 is 131 Å². The fourth-order valence-corrected chi connectivity index (χ4v) is 16.3. The van der Waals surface area contributed by atoms with Gasteiger partial charge in [-0.1, -0.05) is 255 Å². The van der Waals surface area contributed by atoms with Crippen LogP contribution in [0.15, 0.2) is 364 Å². The van der Waals surface area contributed by atoms with Crippen molar-refractivity contribution in [3.63, 3.8) is 0 Å². The maximum atomic E-state index is 5.31. The molecule has 0 aliphatic rings. The second-order valence-electron chi connectivity index (χ2n) is 26.8. The van der Waals surface area contributed by atoms with Crippen molar-refractivity contribution in [3.05, 3.63) is 364 Å². The quantitative estimate of drug-likeness (QED) is 0.152. The van der Waals surface area contributed by atoms with Gasteiger partial charge >= 0.3 is 0 Å². The van der Waals surface area contributed by atoms with Crippen LogP contribution in [0.25, 0.3) is 199 Å². The van der Waals surface area contributed by atoms with E-state index in [-0.39, 0.29) is 0 Å². The summed E-state index contributed by atoms with van der Waals surface area (Å²) in [7, 11) is 0. The highest BCUT2D eigenvalue weighted by atomic mass is 15.2. The van der Waals surface area contributed by atoms with E-state index >= 15 is 0 Å². The molecule has 0 aliphatic heterocycles. The highest BCUT2D eigenvalue weighted by Gasteiger charge is 2.24. The second-order valence-corrected chi connectivity index (χ2v) is 26.8. The summed E-state index contributed by atoms with van der Waals surface area (Å²) in [6.07, 6.45) is 0. The Balaban J connectivity index is 0.000000134. The average molecular weight is 1330 g/mol. The molecule has 22 aromatic rings. The van der Waals surface area contributed by atoms with Crippen molar-refractivity contribution in [3.8, 4) is 68.0 Å². The van der Waals surface area contributed by atoms with Crippen LogP contribution >= 0.6 is 0 Å². The van der Waals surface area contributed by atoms with Gasteiger partial charge in [0.15, 0.2) is 0 Å². The second kappa shape index (κ2) is 23.8. The molecule has 0 atom stereocenters. The zero-order valence-electron chi connectivity index (χ0n) is 56.2. The summed E-state index contributed by atoms with van der Waals surface area (Å²) in [6, 6.07) is 130. The van der Waals surface area contributed by atoms with E-state index < -0.39 is 0 Å². The molecule has 8 heteroatoms. The van der Waals surface area contributed by atoms with Gasteiger partial charge in [0.1, 0.15) is 0 Å². The molecule has 0 radical (unpaired) electrons. The average Bonchev–Trinajstić information content (AvgIpc) is 1.65. The molecule has 8 nitrogen and oxygen atoms in total. The highest BCUT2D eigenvalue weighted by molar-refractivity contribution is 6.24. The van der Waals surface area contributed by atoms with Crippen LogP contribution in [0.3, 0.4) is 0 Å². The molecule has 0 amide bonds. The SMILES string of the molecule is c1ccc(-c2nc(-n3c4ccc(-c5ccc6c(c5)c5ccccc5n6-c5ccccc5)cc4c4c5ccccc5ccc43)nc3ccccc23)cc1.c1ccc(-c2nc(-n3c4ccccc4c4cc(-c5ccc6c(c5)c5c7ccccc7ccc5n6-c5ccccc5)ccc43)nc3ccccc23)cc1. The van der Waals surface area contributed by atoms with Crippen LogP contribution in [-0.2, 0) is 0 Å². The third-order valence-electron chi connectivity index (χ3n) is 21.0. The summed E-state index contributed by atoms with van der Waals surface area (Å²) in [5, 5.41) is 16.7. The van der Waals surface area contributed by atoms with Crippen molar-refractivity contribution in [1.29, 1.82) is 0 Å². The first kappa shape index (κ1) is 58.8. The fraction of sp³-hybridized carbons (Fsp3) is 0. The Bertz CT molecular complexity index is 7210. The first-order valence-electron chi connectivity index (χ1n) is 35.4. The maximum absolute atomic E-state index is 5.31. The molecule has 6 heterocycles. The predicted octanol–water partition coefficient (Wildman–Crippen LogP) is 24.6. The van der Waals surface area contributed by atoms with Crippen molar-refractivity contribution in [2.75, 3.05) is 0 Å². The third kappa shape index (κ3) is 9.39. The van der Waals surface area contributed by atoms with Gasteiger partial charge in [-0.15, -0.1) is 0 Å². The fourth-order valence-electron chi connectivity index (χ4n) is 16.3. The minimum absolute atomic E-state index is 0.663. The molecule has 0 fully saturated rings. The van der Waals surface area contributed by atoms with Crippen LogP contribution in [0.5, 0.6) is 0 Å². The van der Waals surface area contributed by atoms with Gasteiger partial charge in [0.2, 0.25) is 11.9 Å². The monoisotopic (exact) mass is 1320 g/mol. The molecule has 0 bridgehead atoms. The van der Waals surface area contributed by atoms with E-state index in [0.29, 0.717) is 11.9 Å². The minimum atomic E-state index is 0.663. The van der Waals surface area contributed by atoms with Crippen molar-refractivity contribution in [2.45, 2.75) is 0 Å². The Morgan fingerprint density at radius 3 is 0.933 bits per heavy atom. The van der Waals surface area contributed by atoms with Gasteiger partial charge in [-0.05, 0) is 153 Å². The summed E-state index contributed by atoms with van der Waals surface area (Å²) in [5.41, 5.74) is 22.0. The van der Waals surface area contributed by atoms with Crippen molar-refractivity contribution < 1.29 is 0 Å². The molecule has 0 saturated carbocycles. The lowest BCUT2D eigenvalue weighted by Gasteiger charge is -2.12. The minimum Gasteiger partial charge on any atom is -0.309 e. The molecule has 0 aliphatic carbocycles. The Morgan fingerprint density at radius 1 is 0.173 bits per heavy atom. The zero-order valence-corrected chi connectivity index (χ0v) is 56.2. The maximum Gasteiger partial charge on any atom is 0.235 e. The molecule has 0 unspecified atom stereocenters. The van der Waals surface area contributed by atoms with Gasteiger partial charge in [0.25, 0.3) is 0 Å². The van der Waals surface area contributed by atoms with Crippen LogP contribution in [0.2, 0.25) is 0 Å². The normalized spacial score (nSPS) is 11.8. The van der Waals surface area contributed by atoms with E-state index in [4.69, 9.17) is 19.9 Å². The van der Waals surface area contributed by atoms with E-state index in [1.54, 1.807) is 0 Å². The summed E-state index contributed by atoms with van der Waals surface area (Å²) in [5.74, 6) is 1.33. The van der Waals surface area contributed by atoms with Crippen LogP contribution in [0, 0.1) is 0 Å². The summed E-state index contributed by atoms with van der Waals surface area (Å²) < 4.78 is 9.22. The molecular formula is C96H60N8. The number of benzene rings is 16. The Labute approximate surface area is 597 Å². The van der Waals surface area contributed by atoms with Crippen LogP contribution in [0.4, 0.5) is 0 Å². The summed E-state index contributed by atoms with van der Waals surface area (Å²) in [6.45, 7) is 0. The molecular weight excluding hydrogens is 1270 g/mol. The van der Waals surface area contributed by atoms with Crippen LogP contribution in [-0.4, -0.2) is 38.2 Å². The molecule has 0 N–H and O–H groups in total. The smallest absolute Gasteiger partial charge is 0.235 e. The zero-order chi connectivity index (χ0) is 68.3. The number of rotatable bonds is 8. The third-order valence-corrected chi connectivity index (χ3v) is 21.0. The van der Waals surface area contributed by atoms with Crippen molar-refractivity contribution in [2.24, 2.45) is 0 Å². The van der Waals surface area contributed by atoms with E-state index in [0.717, 1.165) is 77.8 Å². The first-order valence-corrected chi connectivity index (χ1v) is 35.4. The van der Waals surface area contributed by atoms with E-state index in [1.165, 1.54) is 109 Å². The van der Waals surface area contributed by atoms with E-state index in [2.05, 4.69) is 358 Å². The van der Waals surface area contributed by atoms with Gasteiger partial charge < -0.3 is 9.13 Å². The lowest BCUT2D eigenvalue weighted by molar-refractivity contribution is 1.01. The molecule has 484 valence electrons. The molecule has 6 aromatic heterocycles. The van der Waals surface area contributed by atoms with Crippen LogP contribution < -0.4 is 0 Å². The van der Waals surface area contributed by atoms with Gasteiger partial charge in [-0.25, -0.2) is 19.9 Å². The standard InChI is InChI=1S/2C48H30N4/c1-3-14-32(15-4-1)47-38-20-9-11-21-41(38)49-48(50-47)52-42-22-12-10-19-37(42)39-29-33(24-26-43(39)52)34-25-27-44-40(30-34)46-36-18-8-7-13-31(36)23-28-45(46)51(44)35-16-5-2-6-17-35;1-3-14-32(15-4-1)47-38-20-9-11-21-41(38)49-48(50-47)52-44-27-25-34(30-40(44)46-36-18-8-7-13-31(36)23-28-45(46)52)33-24-26-43-39(29-33)37-19-10-12-22-42(37)51(43)35-16-5-2-6-17-35/h2*1-30H. The Morgan fingerprint density at radius 2 is 0.471 bits per heavy atom. The predicted molar refractivity (Wildman–Crippen MR) is 433 cm³/mol. The molecule has 22 rings (SSSR count). The van der Waals surface area contributed by atoms with Gasteiger partial charge in [-0.2, -0.15) is 0 Å². The van der Waals surface area contributed by atoms with E-state index in [9.17, 15) is 0 Å². The molecule has 0 saturated heterocycles. The number of hydrogen-bond acceptors (Lipinski definition) is 4. The van der Waals surface area contributed by atoms with E-state index in [1.807, 2.05) is 24.3 Å². The lowest BCUT2D eigenvalue weighted by Crippen LogP contribution is -2.03. The lowest BCUT2D eigenvalue weighted by atomic mass is 9.99. The van der Waals surface area contributed by atoms with Gasteiger partial charge in [0.05, 0.1) is 66.6 Å². The largest absolute Gasteiger partial charge is 0.309 e. The van der Waals surface area contributed by atoms with Gasteiger partial charge in [-0.3, -0.25) is 9.13 Å². The number of nitrogens with zero attached hydrogens (tertiary/aromatic N) is 8. The Kier molecular flexibility index (Phi) is 13.5. The number of fused-ring (bicyclic) bond motifs is 18. The highest BCUT2D eigenvalue weighted by Crippen LogP contribution is 2.44. The summed E-state index contributed by atoms with van der Waals surface area (Å²) in [4.78, 5) is 20.9. The molecule has 104 heavy (non-hydrogen) atoms. The Hall–Kier alpha value is -14.1. The summed E-state index contributed by atoms with van der Waals surface area (Å²) >= 11 is 0. The first-order chi connectivity index (χ1) is 51.6. The van der Waals surface area contributed by atoms with Crippen LogP contribution in [0.1, 0.15) is 0 Å². The van der Waals surface area contributed by atoms with Gasteiger partial charge in [0, 0.05) is 76.4 Å². The molecule has 16 aromatic carbocycles. The topological polar surface area (TPSA) is 71.3 Å². The number of para-hydroxylation sites is 6. The number of hydrogen-bond donors (Lipinski definition) is 0.